The SMILES string of the molecule is Fc1cccc(F)c1OCc1ccccc1CNNc1ccccc1. The van der Waals surface area contributed by atoms with Crippen LogP contribution in [0.25, 0.3) is 0 Å². The van der Waals surface area contributed by atoms with Gasteiger partial charge in [0, 0.05) is 12.2 Å². The van der Waals surface area contributed by atoms with Crippen LogP contribution in [-0.4, -0.2) is 0 Å². The van der Waals surface area contributed by atoms with Crippen molar-refractivity contribution in [1.29, 1.82) is 0 Å². The van der Waals surface area contributed by atoms with E-state index >= 15 is 0 Å². The number of benzene rings is 3. The molecule has 0 aromatic heterocycles. The van der Waals surface area contributed by atoms with Gasteiger partial charge in [0.15, 0.2) is 17.4 Å². The van der Waals surface area contributed by atoms with Gasteiger partial charge in [-0.1, -0.05) is 48.5 Å². The quantitative estimate of drug-likeness (QED) is 0.614. The summed E-state index contributed by atoms with van der Waals surface area (Å²) in [5.41, 5.74) is 9.00. The van der Waals surface area contributed by atoms with Gasteiger partial charge in [-0.25, -0.2) is 14.2 Å². The molecule has 0 spiro atoms. The normalized spacial score (nSPS) is 10.5. The van der Waals surface area contributed by atoms with Crippen LogP contribution in [-0.2, 0) is 13.2 Å². The maximum atomic E-state index is 13.7. The summed E-state index contributed by atoms with van der Waals surface area (Å²) in [6, 6.07) is 21.0. The number of halogens is 2. The van der Waals surface area contributed by atoms with E-state index in [1.54, 1.807) is 0 Å². The molecule has 0 saturated heterocycles. The largest absolute Gasteiger partial charge is 0.483 e. The number of nitrogens with one attached hydrogen (secondary N) is 2. The number of hydrogen-bond acceptors (Lipinski definition) is 3. The number of rotatable bonds is 7. The Morgan fingerprint density at radius 2 is 1.36 bits per heavy atom. The zero-order valence-electron chi connectivity index (χ0n) is 13.5. The fourth-order valence-electron chi connectivity index (χ4n) is 2.40. The Kier molecular flexibility index (Phi) is 5.59. The van der Waals surface area contributed by atoms with Crippen LogP contribution in [0.4, 0.5) is 14.5 Å². The first kappa shape index (κ1) is 16.9. The summed E-state index contributed by atoms with van der Waals surface area (Å²) in [4.78, 5) is 0. The predicted molar refractivity (Wildman–Crippen MR) is 94.0 cm³/mol. The van der Waals surface area contributed by atoms with Gasteiger partial charge < -0.3 is 10.2 Å². The minimum absolute atomic E-state index is 0.0844. The first-order chi connectivity index (χ1) is 12.2. The highest BCUT2D eigenvalue weighted by Crippen LogP contribution is 2.22. The van der Waals surface area contributed by atoms with Crippen LogP contribution in [0.1, 0.15) is 11.1 Å². The van der Waals surface area contributed by atoms with Gasteiger partial charge in [-0.2, -0.15) is 0 Å². The minimum Gasteiger partial charge on any atom is -0.483 e. The maximum Gasteiger partial charge on any atom is 0.191 e. The highest BCUT2D eigenvalue weighted by molar-refractivity contribution is 5.41. The van der Waals surface area contributed by atoms with Crippen molar-refractivity contribution in [2.75, 3.05) is 5.43 Å². The molecule has 3 aromatic rings. The van der Waals surface area contributed by atoms with Gasteiger partial charge in [-0.3, -0.25) is 0 Å². The molecule has 25 heavy (non-hydrogen) atoms. The second kappa shape index (κ2) is 8.26. The molecule has 0 saturated carbocycles. The summed E-state index contributed by atoms with van der Waals surface area (Å²) in [6.07, 6.45) is 0. The summed E-state index contributed by atoms with van der Waals surface area (Å²) in [5, 5.41) is 0. The Bertz CT molecular complexity index is 805. The van der Waals surface area contributed by atoms with Gasteiger partial charge >= 0.3 is 0 Å². The van der Waals surface area contributed by atoms with Crippen LogP contribution in [0.5, 0.6) is 5.75 Å². The molecule has 0 aliphatic rings. The van der Waals surface area contributed by atoms with Crippen LogP contribution in [0.2, 0.25) is 0 Å². The second-order valence-corrected chi connectivity index (χ2v) is 5.45. The fourth-order valence-corrected chi connectivity index (χ4v) is 2.40. The predicted octanol–water partition coefficient (Wildman–Crippen LogP) is 4.66. The lowest BCUT2D eigenvalue weighted by molar-refractivity contribution is 0.273. The number of ether oxygens (including phenoxy) is 1. The molecule has 0 aliphatic heterocycles. The highest BCUT2D eigenvalue weighted by atomic mass is 19.1. The summed E-state index contributed by atoms with van der Waals surface area (Å²) in [7, 11) is 0. The smallest absolute Gasteiger partial charge is 0.191 e. The highest BCUT2D eigenvalue weighted by Gasteiger charge is 2.11. The molecule has 3 nitrogen and oxygen atoms in total. The van der Waals surface area contributed by atoms with Crippen molar-refractivity contribution >= 4 is 5.69 Å². The van der Waals surface area contributed by atoms with Crippen molar-refractivity contribution in [3.05, 3.63) is 95.6 Å². The van der Waals surface area contributed by atoms with Crippen molar-refractivity contribution in [1.82, 2.24) is 5.43 Å². The second-order valence-electron chi connectivity index (χ2n) is 5.45. The standard InChI is InChI=1S/C20H18F2N2O/c21-18-11-6-12-19(22)20(18)25-14-16-8-5-4-7-15(16)13-23-24-17-9-2-1-3-10-17/h1-12,23-24H,13-14H2. The van der Waals surface area contributed by atoms with E-state index in [1.807, 2.05) is 54.6 Å². The number of anilines is 1. The van der Waals surface area contributed by atoms with Gasteiger partial charge in [0.2, 0.25) is 0 Å². The molecule has 3 rings (SSSR count). The lowest BCUT2D eigenvalue weighted by Gasteiger charge is -2.13. The van der Waals surface area contributed by atoms with Crippen LogP contribution >= 0.6 is 0 Å². The number of hydrazine groups is 1. The topological polar surface area (TPSA) is 33.3 Å². The van der Waals surface area contributed by atoms with E-state index in [0.29, 0.717) is 6.54 Å². The molecule has 0 aliphatic carbocycles. The van der Waals surface area contributed by atoms with Crippen LogP contribution in [0, 0.1) is 11.6 Å². The molecule has 0 heterocycles. The molecule has 0 amide bonds. The van der Waals surface area contributed by atoms with E-state index in [1.165, 1.54) is 18.2 Å². The Morgan fingerprint density at radius 1 is 0.720 bits per heavy atom. The van der Waals surface area contributed by atoms with Gasteiger partial charge in [-0.05, 0) is 35.4 Å². The van der Waals surface area contributed by atoms with E-state index in [9.17, 15) is 8.78 Å². The van der Waals surface area contributed by atoms with Crippen molar-refractivity contribution in [3.63, 3.8) is 0 Å². The average molecular weight is 340 g/mol. The first-order valence-electron chi connectivity index (χ1n) is 7.91. The summed E-state index contributed by atoms with van der Waals surface area (Å²) in [5.74, 6) is -1.77. The summed E-state index contributed by atoms with van der Waals surface area (Å²) in [6.45, 7) is 0.620. The molecule has 5 heteroatoms. The van der Waals surface area contributed by atoms with Crippen LogP contribution in [0.15, 0.2) is 72.8 Å². The third-order valence-corrected chi connectivity index (χ3v) is 3.69. The fraction of sp³-hybridized carbons (Fsp3) is 0.100. The first-order valence-corrected chi connectivity index (χ1v) is 7.91. The number of hydrogen-bond donors (Lipinski definition) is 2. The Balaban J connectivity index is 1.63. The molecule has 0 fully saturated rings. The van der Waals surface area contributed by atoms with Crippen molar-refractivity contribution in [2.45, 2.75) is 13.2 Å². The average Bonchev–Trinajstić information content (AvgIpc) is 2.63. The molecule has 0 unspecified atom stereocenters. The van der Waals surface area contributed by atoms with Gasteiger partial charge in [0.25, 0.3) is 0 Å². The van der Waals surface area contributed by atoms with Gasteiger partial charge in [0.1, 0.15) is 6.61 Å². The van der Waals surface area contributed by atoms with E-state index in [-0.39, 0.29) is 12.4 Å². The third kappa shape index (κ3) is 4.55. The Labute approximate surface area is 145 Å². The molecule has 128 valence electrons. The molecule has 0 radical (unpaired) electrons. The van der Waals surface area contributed by atoms with E-state index in [4.69, 9.17) is 4.74 Å². The van der Waals surface area contributed by atoms with E-state index in [2.05, 4.69) is 10.9 Å². The van der Waals surface area contributed by atoms with Crippen LogP contribution in [0.3, 0.4) is 0 Å². The van der Waals surface area contributed by atoms with Crippen molar-refractivity contribution in [2.24, 2.45) is 0 Å². The Morgan fingerprint density at radius 3 is 2.08 bits per heavy atom. The maximum absolute atomic E-state index is 13.7. The zero-order chi connectivity index (χ0) is 17.5. The van der Waals surface area contributed by atoms with Gasteiger partial charge in [0.05, 0.1) is 0 Å². The molecule has 0 atom stereocenters. The number of para-hydroxylation sites is 2. The molecule has 3 aromatic carbocycles. The van der Waals surface area contributed by atoms with E-state index < -0.39 is 11.6 Å². The monoisotopic (exact) mass is 340 g/mol. The molecular formula is C20H18F2N2O. The van der Waals surface area contributed by atoms with Crippen LogP contribution < -0.4 is 15.6 Å². The van der Waals surface area contributed by atoms with Gasteiger partial charge in [-0.15, -0.1) is 0 Å². The minimum atomic E-state index is -0.707. The lowest BCUT2D eigenvalue weighted by atomic mass is 10.1. The molecular weight excluding hydrogens is 322 g/mol. The Hall–Kier alpha value is -2.92. The van der Waals surface area contributed by atoms with E-state index in [0.717, 1.165) is 16.8 Å². The molecule has 2 N–H and O–H groups in total. The summed E-state index contributed by atoms with van der Waals surface area (Å²) < 4.78 is 32.7. The van der Waals surface area contributed by atoms with Crippen molar-refractivity contribution in [3.8, 4) is 5.75 Å². The molecule has 0 bridgehead atoms. The lowest BCUT2D eigenvalue weighted by Crippen LogP contribution is -2.21. The third-order valence-electron chi connectivity index (χ3n) is 3.69. The zero-order valence-corrected chi connectivity index (χ0v) is 13.5. The van der Waals surface area contributed by atoms with Crippen molar-refractivity contribution < 1.29 is 13.5 Å². The summed E-state index contributed by atoms with van der Waals surface area (Å²) >= 11 is 0.